The molecule has 1 aromatic carbocycles. The Kier molecular flexibility index (Phi) is 7.90. The SMILES string of the molecule is C=C(C)COc1ccc(C2(C)NC(=O)N(CC(=O)NCCCCN3CCCC3)C2=O)cc1. The summed E-state index contributed by atoms with van der Waals surface area (Å²) in [5.74, 6) is -0.122. The number of amides is 4. The molecule has 2 N–H and O–H groups in total. The van der Waals surface area contributed by atoms with Crippen molar-refractivity contribution >= 4 is 17.8 Å². The second-order valence-corrected chi connectivity index (χ2v) is 8.82. The van der Waals surface area contributed by atoms with Crippen LogP contribution in [0.15, 0.2) is 36.4 Å². The molecular formula is C24H34N4O4. The van der Waals surface area contributed by atoms with Crippen molar-refractivity contribution in [3.63, 3.8) is 0 Å². The summed E-state index contributed by atoms with van der Waals surface area (Å²) < 4.78 is 5.59. The molecule has 2 aliphatic heterocycles. The van der Waals surface area contributed by atoms with Crippen molar-refractivity contribution in [2.45, 2.75) is 45.1 Å². The highest BCUT2D eigenvalue weighted by atomic mass is 16.5. The first kappa shape index (κ1) is 23.8. The quantitative estimate of drug-likeness (QED) is 0.312. The van der Waals surface area contributed by atoms with Gasteiger partial charge in [-0.2, -0.15) is 0 Å². The Morgan fingerprint density at radius 2 is 1.88 bits per heavy atom. The number of nitrogens with zero attached hydrogens (tertiary/aromatic N) is 2. The van der Waals surface area contributed by atoms with Gasteiger partial charge < -0.3 is 20.3 Å². The maximum atomic E-state index is 13.0. The van der Waals surface area contributed by atoms with Crippen LogP contribution >= 0.6 is 0 Å². The zero-order valence-corrected chi connectivity index (χ0v) is 19.1. The van der Waals surface area contributed by atoms with Crippen molar-refractivity contribution in [2.24, 2.45) is 0 Å². The van der Waals surface area contributed by atoms with Gasteiger partial charge in [-0.05, 0) is 82.4 Å². The number of ether oxygens (including phenoxy) is 1. The first-order chi connectivity index (χ1) is 15.3. The molecule has 0 spiro atoms. The molecule has 174 valence electrons. The molecule has 1 atom stereocenters. The van der Waals surface area contributed by atoms with E-state index in [0.717, 1.165) is 29.9 Å². The number of hydrogen-bond donors (Lipinski definition) is 2. The molecule has 4 amide bonds. The summed E-state index contributed by atoms with van der Waals surface area (Å²) in [7, 11) is 0. The molecule has 8 nitrogen and oxygen atoms in total. The Bertz CT molecular complexity index is 848. The number of unbranched alkanes of at least 4 members (excludes halogenated alkanes) is 1. The van der Waals surface area contributed by atoms with Crippen LogP contribution in [-0.2, 0) is 15.1 Å². The Hall–Kier alpha value is -2.87. The average molecular weight is 443 g/mol. The van der Waals surface area contributed by atoms with Crippen LogP contribution in [0.1, 0.15) is 45.1 Å². The topological polar surface area (TPSA) is 91.0 Å². The van der Waals surface area contributed by atoms with Gasteiger partial charge in [-0.3, -0.25) is 14.5 Å². The molecule has 0 aromatic heterocycles. The van der Waals surface area contributed by atoms with Crippen LogP contribution in [0.4, 0.5) is 4.79 Å². The average Bonchev–Trinajstić information content (AvgIpc) is 3.35. The van der Waals surface area contributed by atoms with Crippen molar-refractivity contribution in [3.8, 4) is 5.75 Å². The standard InChI is InChI=1S/C24H34N4O4/c1-18(2)17-32-20-10-8-19(9-11-20)24(3)22(30)28(23(31)26-24)16-21(29)25-12-4-5-13-27-14-6-7-15-27/h8-11H,1,4-7,12-17H2,2-3H3,(H,25,29)(H,26,31). The van der Waals surface area contributed by atoms with Gasteiger partial charge in [0.2, 0.25) is 5.91 Å². The third-order valence-corrected chi connectivity index (χ3v) is 5.92. The summed E-state index contributed by atoms with van der Waals surface area (Å²) in [6.07, 6.45) is 4.44. The van der Waals surface area contributed by atoms with Gasteiger partial charge in [0.25, 0.3) is 5.91 Å². The number of urea groups is 1. The molecule has 8 heteroatoms. The summed E-state index contributed by atoms with van der Waals surface area (Å²) in [5.41, 5.74) is 0.308. The van der Waals surface area contributed by atoms with Crippen LogP contribution in [0.2, 0.25) is 0 Å². The van der Waals surface area contributed by atoms with E-state index in [0.29, 0.717) is 24.5 Å². The number of carbonyl (C=O) groups excluding carboxylic acids is 3. The lowest BCUT2D eigenvalue weighted by Crippen LogP contribution is -2.43. The lowest BCUT2D eigenvalue weighted by molar-refractivity contribution is -0.134. The smallest absolute Gasteiger partial charge is 0.325 e. The first-order valence-corrected chi connectivity index (χ1v) is 11.3. The van der Waals surface area contributed by atoms with Crippen LogP contribution in [0.3, 0.4) is 0 Å². The minimum atomic E-state index is -1.22. The maximum absolute atomic E-state index is 13.0. The van der Waals surface area contributed by atoms with Crippen molar-refractivity contribution in [2.75, 3.05) is 39.3 Å². The fourth-order valence-corrected chi connectivity index (χ4v) is 4.02. The van der Waals surface area contributed by atoms with E-state index in [4.69, 9.17) is 4.74 Å². The van der Waals surface area contributed by atoms with E-state index in [1.807, 2.05) is 6.92 Å². The molecule has 0 radical (unpaired) electrons. The number of nitrogens with one attached hydrogen (secondary N) is 2. The first-order valence-electron chi connectivity index (χ1n) is 11.3. The Morgan fingerprint density at radius 3 is 2.53 bits per heavy atom. The highest BCUT2D eigenvalue weighted by Crippen LogP contribution is 2.30. The van der Waals surface area contributed by atoms with Gasteiger partial charge in [0.15, 0.2) is 0 Å². The monoisotopic (exact) mass is 442 g/mol. The molecule has 0 bridgehead atoms. The summed E-state index contributed by atoms with van der Waals surface area (Å²) >= 11 is 0. The van der Waals surface area contributed by atoms with Crippen LogP contribution in [-0.4, -0.2) is 67.0 Å². The van der Waals surface area contributed by atoms with E-state index < -0.39 is 17.5 Å². The van der Waals surface area contributed by atoms with E-state index in [1.165, 1.54) is 25.9 Å². The van der Waals surface area contributed by atoms with Crippen LogP contribution in [0, 0.1) is 0 Å². The van der Waals surface area contributed by atoms with Crippen LogP contribution in [0.5, 0.6) is 5.75 Å². The van der Waals surface area contributed by atoms with E-state index in [9.17, 15) is 14.4 Å². The fraction of sp³-hybridized carbons (Fsp3) is 0.542. The number of benzene rings is 1. The molecule has 2 saturated heterocycles. The zero-order chi connectivity index (χ0) is 23.1. The Morgan fingerprint density at radius 1 is 1.19 bits per heavy atom. The number of hydrogen-bond acceptors (Lipinski definition) is 5. The third-order valence-electron chi connectivity index (χ3n) is 5.92. The Labute approximate surface area is 190 Å². The second-order valence-electron chi connectivity index (χ2n) is 8.82. The molecular weight excluding hydrogens is 408 g/mol. The molecule has 32 heavy (non-hydrogen) atoms. The lowest BCUT2D eigenvalue weighted by Gasteiger charge is -2.22. The minimum absolute atomic E-state index is 0.286. The van der Waals surface area contributed by atoms with Crippen molar-refractivity contribution in [1.29, 1.82) is 0 Å². The zero-order valence-electron chi connectivity index (χ0n) is 19.1. The molecule has 1 unspecified atom stereocenters. The molecule has 2 heterocycles. The highest BCUT2D eigenvalue weighted by molar-refractivity contribution is 6.09. The molecule has 3 rings (SSSR count). The third kappa shape index (κ3) is 5.88. The van der Waals surface area contributed by atoms with Gasteiger partial charge in [0.1, 0.15) is 24.4 Å². The highest BCUT2D eigenvalue weighted by Gasteiger charge is 2.49. The minimum Gasteiger partial charge on any atom is -0.489 e. The van der Waals surface area contributed by atoms with Crippen LogP contribution < -0.4 is 15.4 Å². The van der Waals surface area contributed by atoms with E-state index in [2.05, 4.69) is 22.1 Å². The molecule has 0 aliphatic carbocycles. The molecule has 2 fully saturated rings. The van der Waals surface area contributed by atoms with Gasteiger partial charge in [0, 0.05) is 6.54 Å². The summed E-state index contributed by atoms with van der Waals surface area (Å²) in [6, 6.07) is 6.43. The number of rotatable bonds is 11. The normalized spacial score (nSPS) is 21.0. The Balaban J connectivity index is 1.48. The van der Waals surface area contributed by atoms with Crippen LogP contribution in [0.25, 0.3) is 0 Å². The molecule has 0 saturated carbocycles. The molecule has 1 aromatic rings. The fourth-order valence-electron chi connectivity index (χ4n) is 4.02. The van der Waals surface area contributed by atoms with Crippen molar-refractivity contribution in [3.05, 3.63) is 42.0 Å². The van der Waals surface area contributed by atoms with Gasteiger partial charge in [0.05, 0.1) is 0 Å². The van der Waals surface area contributed by atoms with E-state index in [1.54, 1.807) is 31.2 Å². The molecule has 2 aliphatic rings. The predicted octanol–water partition coefficient (Wildman–Crippen LogP) is 2.40. The van der Waals surface area contributed by atoms with Gasteiger partial charge >= 0.3 is 6.03 Å². The van der Waals surface area contributed by atoms with E-state index >= 15 is 0 Å². The van der Waals surface area contributed by atoms with Crippen molar-refractivity contribution in [1.82, 2.24) is 20.4 Å². The number of imide groups is 1. The van der Waals surface area contributed by atoms with E-state index in [-0.39, 0.29) is 12.5 Å². The van der Waals surface area contributed by atoms with Gasteiger partial charge in [-0.1, -0.05) is 18.7 Å². The second kappa shape index (κ2) is 10.6. The number of carbonyl (C=O) groups is 3. The summed E-state index contributed by atoms with van der Waals surface area (Å²) in [4.78, 5) is 41.2. The lowest BCUT2D eigenvalue weighted by atomic mass is 9.92. The maximum Gasteiger partial charge on any atom is 0.325 e. The predicted molar refractivity (Wildman–Crippen MR) is 122 cm³/mol. The van der Waals surface area contributed by atoms with Crippen molar-refractivity contribution < 1.29 is 19.1 Å². The number of likely N-dealkylation sites (tertiary alicyclic amines) is 1. The van der Waals surface area contributed by atoms with Gasteiger partial charge in [-0.15, -0.1) is 0 Å². The largest absolute Gasteiger partial charge is 0.489 e. The summed E-state index contributed by atoms with van der Waals surface area (Å²) in [5, 5.41) is 5.54. The van der Waals surface area contributed by atoms with Gasteiger partial charge in [-0.25, -0.2) is 4.79 Å². The summed E-state index contributed by atoms with van der Waals surface area (Å²) in [6.45, 7) is 11.4.